The van der Waals surface area contributed by atoms with Gasteiger partial charge in [-0.05, 0) is 24.3 Å². The minimum atomic E-state index is 0.0249. The minimum Gasteiger partial charge on any atom is -0.444 e. The van der Waals surface area contributed by atoms with Crippen LogP contribution in [-0.2, 0) is 5.41 Å². The van der Waals surface area contributed by atoms with Crippen LogP contribution in [0, 0.1) is 0 Å². The van der Waals surface area contributed by atoms with Crippen LogP contribution in [0.1, 0.15) is 26.5 Å². The molecule has 1 heterocycles. The van der Waals surface area contributed by atoms with Crippen molar-refractivity contribution < 1.29 is 4.42 Å². The van der Waals surface area contributed by atoms with Gasteiger partial charge in [0.1, 0.15) is 6.26 Å². The standard InChI is InChI=1S/C13H14BrNO/c1-13(2,3)11-8-16-12(15-11)9-4-6-10(14)7-5-9/h4-8H,1-3H3. The molecule has 0 aliphatic heterocycles. The summed E-state index contributed by atoms with van der Waals surface area (Å²) in [6, 6.07) is 7.94. The fourth-order valence-corrected chi connectivity index (χ4v) is 1.61. The Morgan fingerprint density at radius 2 is 1.75 bits per heavy atom. The van der Waals surface area contributed by atoms with Crippen molar-refractivity contribution in [2.24, 2.45) is 0 Å². The molecule has 0 bridgehead atoms. The Hall–Kier alpha value is -1.09. The highest BCUT2D eigenvalue weighted by atomic mass is 79.9. The molecule has 1 aromatic carbocycles. The van der Waals surface area contributed by atoms with Crippen LogP contribution in [0.3, 0.4) is 0 Å². The molecule has 0 aliphatic rings. The van der Waals surface area contributed by atoms with Gasteiger partial charge >= 0.3 is 0 Å². The maximum Gasteiger partial charge on any atom is 0.226 e. The predicted molar refractivity (Wildman–Crippen MR) is 68.3 cm³/mol. The number of benzene rings is 1. The highest BCUT2D eigenvalue weighted by molar-refractivity contribution is 9.10. The summed E-state index contributed by atoms with van der Waals surface area (Å²) in [5.74, 6) is 0.678. The van der Waals surface area contributed by atoms with Crippen molar-refractivity contribution in [1.82, 2.24) is 4.98 Å². The summed E-state index contributed by atoms with van der Waals surface area (Å²) in [7, 11) is 0. The summed E-state index contributed by atoms with van der Waals surface area (Å²) < 4.78 is 6.55. The van der Waals surface area contributed by atoms with Gasteiger partial charge in [0.25, 0.3) is 0 Å². The van der Waals surface area contributed by atoms with E-state index in [0.29, 0.717) is 5.89 Å². The van der Waals surface area contributed by atoms with Gasteiger partial charge < -0.3 is 4.42 Å². The normalized spacial score (nSPS) is 11.8. The first-order chi connectivity index (χ1) is 7.47. The highest BCUT2D eigenvalue weighted by Crippen LogP contribution is 2.26. The Kier molecular flexibility index (Phi) is 2.89. The summed E-state index contributed by atoms with van der Waals surface area (Å²) in [5, 5.41) is 0. The molecule has 2 rings (SSSR count). The summed E-state index contributed by atoms with van der Waals surface area (Å²) >= 11 is 3.40. The Morgan fingerprint density at radius 3 is 2.25 bits per heavy atom. The van der Waals surface area contributed by atoms with E-state index in [1.807, 2.05) is 24.3 Å². The van der Waals surface area contributed by atoms with Gasteiger partial charge in [-0.1, -0.05) is 36.7 Å². The first-order valence-electron chi connectivity index (χ1n) is 5.19. The molecule has 3 heteroatoms. The topological polar surface area (TPSA) is 26.0 Å². The van der Waals surface area contributed by atoms with Gasteiger partial charge in [0.2, 0.25) is 5.89 Å². The van der Waals surface area contributed by atoms with Gasteiger partial charge in [0.15, 0.2) is 0 Å². The molecule has 0 aliphatic carbocycles. The SMILES string of the molecule is CC(C)(C)c1coc(-c2ccc(Br)cc2)n1. The lowest BCUT2D eigenvalue weighted by molar-refractivity contribution is 0.544. The van der Waals surface area contributed by atoms with E-state index in [2.05, 4.69) is 41.7 Å². The second kappa shape index (κ2) is 4.06. The van der Waals surface area contributed by atoms with Crippen LogP contribution in [0.15, 0.2) is 39.4 Å². The van der Waals surface area contributed by atoms with Gasteiger partial charge in [-0.15, -0.1) is 0 Å². The van der Waals surface area contributed by atoms with Gasteiger partial charge in [0.05, 0.1) is 5.69 Å². The van der Waals surface area contributed by atoms with E-state index in [4.69, 9.17) is 4.42 Å². The summed E-state index contributed by atoms with van der Waals surface area (Å²) in [6.07, 6.45) is 1.73. The lowest BCUT2D eigenvalue weighted by atomic mass is 9.93. The molecule has 84 valence electrons. The summed E-state index contributed by atoms with van der Waals surface area (Å²) in [4.78, 5) is 4.50. The number of halogens is 1. The quantitative estimate of drug-likeness (QED) is 0.773. The molecule has 0 saturated heterocycles. The average Bonchev–Trinajstić information content (AvgIpc) is 2.67. The average molecular weight is 280 g/mol. The van der Waals surface area contributed by atoms with E-state index in [0.717, 1.165) is 15.7 Å². The molecule has 0 amide bonds. The van der Waals surface area contributed by atoms with Crippen molar-refractivity contribution in [3.05, 3.63) is 40.7 Å². The second-order valence-electron chi connectivity index (χ2n) is 4.79. The van der Waals surface area contributed by atoms with E-state index >= 15 is 0 Å². The monoisotopic (exact) mass is 279 g/mol. The van der Waals surface area contributed by atoms with Crippen molar-refractivity contribution >= 4 is 15.9 Å². The van der Waals surface area contributed by atoms with Crippen molar-refractivity contribution in [1.29, 1.82) is 0 Å². The third kappa shape index (κ3) is 2.35. The van der Waals surface area contributed by atoms with Crippen LogP contribution < -0.4 is 0 Å². The van der Waals surface area contributed by atoms with E-state index in [9.17, 15) is 0 Å². The number of aromatic nitrogens is 1. The van der Waals surface area contributed by atoms with E-state index in [1.54, 1.807) is 6.26 Å². The fourth-order valence-electron chi connectivity index (χ4n) is 1.34. The van der Waals surface area contributed by atoms with Gasteiger partial charge in [-0.2, -0.15) is 0 Å². The molecular weight excluding hydrogens is 266 g/mol. The van der Waals surface area contributed by atoms with Crippen molar-refractivity contribution in [3.8, 4) is 11.5 Å². The number of nitrogens with zero attached hydrogens (tertiary/aromatic N) is 1. The Bertz CT molecular complexity index is 479. The van der Waals surface area contributed by atoms with E-state index in [1.165, 1.54) is 0 Å². The molecule has 0 spiro atoms. The predicted octanol–water partition coefficient (Wildman–Crippen LogP) is 4.40. The minimum absolute atomic E-state index is 0.0249. The van der Waals surface area contributed by atoms with E-state index < -0.39 is 0 Å². The van der Waals surface area contributed by atoms with Crippen LogP contribution in [-0.4, -0.2) is 4.98 Å². The molecular formula is C13H14BrNO. The van der Waals surface area contributed by atoms with E-state index in [-0.39, 0.29) is 5.41 Å². The third-order valence-corrected chi connectivity index (χ3v) is 2.89. The first kappa shape index (κ1) is 11.4. The molecule has 0 atom stereocenters. The number of hydrogen-bond acceptors (Lipinski definition) is 2. The maximum atomic E-state index is 5.49. The molecule has 0 fully saturated rings. The van der Waals surface area contributed by atoms with Crippen LogP contribution >= 0.6 is 15.9 Å². The molecule has 1 aromatic heterocycles. The maximum absolute atomic E-state index is 5.49. The zero-order chi connectivity index (χ0) is 11.8. The molecule has 2 nitrogen and oxygen atoms in total. The van der Waals surface area contributed by atoms with Gasteiger partial charge in [-0.3, -0.25) is 0 Å². The Morgan fingerprint density at radius 1 is 1.12 bits per heavy atom. The molecule has 0 saturated carbocycles. The van der Waals surface area contributed by atoms with Crippen LogP contribution in [0.5, 0.6) is 0 Å². The first-order valence-corrected chi connectivity index (χ1v) is 5.98. The lowest BCUT2D eigenvalue weighted by Crippen LogP contribution is -2.11. The molecule has 0 radical (unpaired) electrons. The molecule has 0 N–H and O–H groups in total. The molecule has 16 heavy (non-hydrogen) atoms. The molecule has 2 aromatic rings. The second-order valence-corrected chi connectivity index (χ2v) is 5.71. The van der Waals surface area contributed by atoms with Crippen LogP contribution in [0.2, 0.25) is 0 Å². The smallest absolute Gasteiger partial charge is 0.226 e. The van der Waals surface area contributed by atoms with Crippen LogP contribution in [0.25, 0.3) is 11.5 Å². The Balaban J connectivity index is 2.35. The lowest BCUT2D eigenvalue weighted by Gasteiger charge is -2.12. The fraction of sp³-hybridized carbons (Fsp3) is 0.308. The van der Waals surface area contributed by atoms with Crippen molar-refractivity contribution in [2.75, 3.05) is 0 Å². The Labute approximate surface area is 104 Å². The number of hydrogen-bond donors (Lipinski definition) is 0. The highest BCUT2D eigenvalue weighted by Gasteiger charge is 2.18. The van der Waals surface area contributed by atoms with Crippen molar-refractivity contribution in [2.45, 2.75) is 26.2 Å². The zero-order valence-corrected chi connectivity index (χ0v) is 11.2. The summed E-state index contributed by atoms with van der Waals surface area (Å²) in [6.45, 7) is 6.36. The largest absolute Gasteiger partial charge is 0.444 e. The van der Waals surface area contributed by atoms with Crippen molar-refractivity contribution in [3.63, 3.8) is 0 Å². The molecule has 0 unspecified atom stereocenters. The number of oxazole rings is 1. The third-order valence-electron chi connectivity index (χ3n) is 2.36. The van der Waals surface area contributed by atoms with Crippen LogP contribution in [0.4, 0.5) is 0 Å². The van der Waals surface area contributed by atoms with Gasteiger partial charge in [-0.25, -0.2) is 4.98 Å². The summed E-state index contributed by atoms with van der Waals surface area (Å²) in [5.41, 5.74) is 2.00. The van der Waals surface area contributed by atoms with Gasteiger partial charge in [0, 0.05) is 15.5 Å². The zero-order valence-electron chi connectivity index (χ0n) is 9.62. The number of rotatable bonds is 1.